The van der Waals surface area contributed by atoms with Crippen LogP contribution in [0.5, 0.6) is 0 Å². The number of hydrogen-bond donors (Lipinski definition) is 3. The number of nitrogens with two attached hydrogens (primary N) is 1. The Hall–Kier alpha value is -2.95. The maximum Gasteiger partial charge on any atom is 0.230 e. The molecule has 26 heavy (non-hydrogen) atoms. The molecule has 2 aliphatic heterocycles. The fourth-order valence-corrected chi connectivity index (χ4v) is 4.64. The molecule has 0 amide bonds. The predicted molar refractivity (Wildman–Crippen MR) is 101 cm³/mol. The van der Waals surface area contributed by atoms with Gasteiger partial charge in [-0.05, 0) is 47.6 Å². The summed E-state index contributed by atoms with van der Waals surface area (Å²) in [5, 5.41) is 11.7. The number of anilines is 1. The number of nitrogens with one attached hydrogen (secondary N) is 2. The van der Waals surface area contributed by atoms with Crippen molar-refractivity contribution >= 4 is 17.3 Å². The lowest BCUT2D eigenvalue weighted by Gasteiger charge is -2.40. The van der Waals surface area contributed by atoms with Crippen molar-refractivity contribution in [2.24, 2.45) is 11.7 Å². The lowest BCUT2D eigenvalue weighted by Crippen LogP contribution is -2.34. The van der Waals surface area contributed by atoms with Crippen molar-refractivity contribution in [3.63, 3.8) is 0 Å². The number of amidine groups is 1. The van der Waals surface area contributed by atoms with Crippen molar-refractivity contribution in [3.05, 3.63) is 70.5 Å². The van der Waals surface area contributed by atoms with E-state index in [4.69, 9.17) is 20.6 Å². The van der Waals surface area contributed by atoms with E-state index in [1.54, 1.807) is 6.26 Å². The Balaban J connectivity index is 1.79. The summed E-state index contributed by atoms with van der Waals surface area (Å²) in [5.41, 5.74) is 12.6. The van der Waals surface area contributed by atoms with E-state index in [1.807, 2.05) is 12.1 Å². The van der Waals surface area contributed by atoms with Crippen LogP contribution in [0.15, 0.2) is 42.7 Å². The number of ether oxygens (including phenoxy) is 2. The summed E-state index contributed by atoms with van der Waals surface area (Å²) in [4.78, 5) is 0. The molecule has 2 aromatic rings. The Bertz CT molecular complexity index is 935. The number of benzene rings is 2. The molecule has 5 heteroatoms. The average Bonchev–Trinajstić information content (AvgIpc) is 3.20. The van der Waals surface area contributed by atoms with Crippen LogP contribution in [0.2, 0.25) is 0 Å². The molecule has 1 aliphatic carbocycles. The van der Waals surface area contributed by atoms with Crippen molar-refractivity contribution in [3.8, 4) is 0 Å². The summed E-state index contributed by atoms with van der Waals surface area (Å²) in [6.45, 7) is 1.16. The molecule has 3 aliphatic rings. The second-order valence-corrected chi connectivity index (χ2v) is 7.13. The number of hydrogen-bond acceptors (Lipinski definition) is 4. The van der Waals surface area contributed by atoms with Crippen LogP contribution in [0.3, 0.4) is 0 Å². The van der Waals surface area contributed by atoms with Gasteiger partial charge in [-0.25, -0.2) is 0 Å². The van der Waals surface area contributed by atoms with Crippen molar-refractivity contribution in [2.45, 2.75) is 18.8 Å². The predicted octanol–water partition coefficient (Wildman–Crippen LogP) is 3.39. The third-order valence-electron chi connectivity index (χ3n) is 5.77. The molecule has 2 atom stereocenters. The maximum atomic E-state index is 8.07. The van der Waals surface area contributed by atoms with Gasteiger partial charge in [-0.2, -0.15) is 0 Å². The van der Waals surface area contributed by atoms with E-state index >= 15 is 0 Å². The molecule has 0 bridgehead atoms. The average molecular weight is 347 g/mol. The number of aryl methyl sites for hydroxylation is 1. The van der Waals surface area contributed by atoms with Gasteiger partial charge >= 0.3 is 0 Å². The van der Waals surface area contributed by atoms with Crippen LogP contribution in [0.4, 0.5) is 5.69 Å². The van der Waals surface area contributed by atoms with Gasteiger partial charge in [-0.15, -0.1) is 0 Å². The van der Waals surface area contributed by atoms with Gasteiger partial charge in [0.2, 0.25) is 6.79 Å². The third-order valence-corrected chi connectivity index (χ3v) is 5.77. The van der Waals surface area contributed by atoms with Gasteiger partial charge in [0.1, 0.15) is 12.1 Å². The molecule has 132 valence electrons. The summed E-state index contributed by atoms with van der Waals surface area (Å²) in [6.07, 6.45) is 3.90. The van der Waals surface area contributed by atoms with Gasteiger partial charge < -0.3 is 20.5 Å². The molecule has 0 spiro atoms. The summed E-state index contributed by atoms with van der Waals surface area (Å²) in [7, 11) is 0. The zero-order valence-electron chi connectivity index (χ0n) is 14.4. The summed E-state index contributed by atoms with van der Waals surface area (Å²) >= 11 is 0. The first-order chi connectivity index (χ1) is 12.7. The molecule has 5 nitrogen and oxygen atoms in total. The van der Waals surface area contributed by atoms with Gasteiger partial charge in [-0.1, -0.05) is 24.3 Å². The van der Waals surface area contributed by atoms with Gasteiger partial charge in [0, 0.05) is 29.3 Å². The van der Waals surface area contributed by atoms with E-state index in [2.05, 4.69) is 29.6 Å². The van der Waals surface area contributed by atoms with Crippen LogP contribution in [0.1, 0.15) is 40.2 Å². The lowest BCUT2D eigenvalue weighted by atomic mass is 9.68. The van der Waals surface area contributed by atoms with Gasteiger partial charge in [-0.3, -0.25) is 5.41 Å². The van der Waals surface area contributed by atoms with Gasteiger partial charge in [0.15, 0.2) is 5.76 Å². The molecule has 0 aromatic heterocycles. The van der Waals surface area contributed by atoms with E-state index in [0.717, 1.165) is 30.6 Å². The van der Waals surface area contributed by atoms with E-state index in [-0.39, 0.29) is 18.5 Å². The third kappa shape index (κ3) is 2.20. The minimum atomic E-state index is 0.0467. The van der Waals surface area contributed by atoms with Gasteiger partial charge in [0.25, 0.3) is 0 Å². The Morgan fingerprint density at radius 1 is 1.19 bits per heavy atom. The molecule has 0 saturated carbocycles. The molecular weight excluding hydrogens is 326 g/mol. The van der Waals surface area contributed by atoms with Crippen LogP contribution in [0, 0.1) is 11.3 Å². The quantitative estimate of drug-likeness (QED) is 0.575. The van der Waals surface area contributed by atoms with E-state index in [0.29, 0.717) is 17.2 Å². The van der Waals surface area contributed by atoms with Crippen molar-refractivity contribution < 1.29 is 9.47 Å². The number of rotatable bonds is 2. The highest BCUT2D eigenvalue weighted by Gasteiger charge is 2.38. The molecule has 2 aromatic carbocycles. The first-order valence-electron chi connectivity index (χ1n) is 9.02. The van der Waals surface area contributed by atoms with Crippen LogP contribution in [-0.4, -0.2) is 19.2 Å². The topological polar surface area (TPSA) is 80.4 Å². The Morgan fingerprint density at radius 2 is 2.08 bits per heavy atom. The fourth-order valence-electron chi connectivity index (χ4n) is 4.64. The van der Waals surface area contributed by atoms with Gasteiger partial charge in [0.05, 0.1) is 0 Å². The lowest BCUT2D eigenvalue weighted by molar-refractivity contribution is 0.100. The zero-order chi connectivity index (χ0) is 17.7. The molecule has 0 fully saturated rings. The molecule has 0 radical (unpaired) electrons. The standard InChI is InChI=1S/C21H21N3O2/c22-21(23)15-7-8-16-20(19(15)17-10-25-11-26-17)18-13(9-24-16)6-5-12-3-1-2-4-14(12)18/h1-4,7-8,10,13,18,24H,5-6,9,11H2,(H3,22,23). The van der Waals surface area contributed by atoms with Crippen LogP contribution in [-0.2, 0) is 15.9 Å². The number of fused-ring (bicyclic) bond motifs is 5. The summed E-state index contributed by atoms with van der Waals surface area (Å²) in [6, 6.07) is 12.7. The van der Waals surface area contributed by atoms with E-state index < -0.39 is 0 Å². The molecule has 4 N–H and O–H groups in total. The monoisotopic (exact) mass is 347 g/mol. The normalized spacial score (nSPS) is 22.7. The van der Waals surface area contributed by atoms with E-state index in [9.17, 15) is 0 Å². The first-order valence-corrected chi connectivity index (χ1v) is 9.02. The maximum absolute atomic E-state index is 8.07. The number of nitrogen functional groups attached to an aromatic ring is 1. The second-order valence-electron chi connectivity index (χ2n) is 7.13. The second kappa shape index (κ2) is 5.80. The molecule has 2 heterocycles. The smallest absolute Gasteiger partial charge is 0.230 e. The summed E-state index contributed by atoms with van der Waals surface area (Å²) < 4.78 is 11.0. The molecule has 2 unspecified atom stereocenters. The van der Waals surface area contributed by atoms with Crippen LogP contribution >= 0.6 is 0 Å². The zero-order valence-corrected chi connectivity index (χ0v) is 14.4. The Morgan fingerprint density at radius 3 is 2.88 bits per heavy atom. The van der Waals surface area contributed by atoms with Crippen LogP contribution < -0.4 is 11.1 Å². The molecular formula is C21H21N3O2. The Labute approximate surface area is 152 Å². The van der Waals surface area contributed by atoms with E-state index in [1.165, 1.54) is 16.7 Å². The first kappa shape index (κ1) is 15.3. The van der Waals surface area contributed by atoms with Crippen molar-refractivity contribution in [1.29, 1.82) is 5.41 Å². The molecule has 5 rings (SSSR count). The van der Waals surface area contributed by atoms with Crippen molar-refractivity contribution in [2.75, 3.05) is 18.7 Å². The highest BCUT2D eigenvalue weighted by Crippen LogP contribution is 2.49. The highest BCUT2D eigenvalue weighted by atomic mass is 16.7. The van der Waals surface area contributed by atoms with Crippen molar-refractivity contribution in [1.82, 2.24) is 0 Å². The SMILES string of the molecule is N=C(N)c1ccc2c(c1C1=COCO1)C1c3ccccc3CCC1CN2. The minimum absolute atomic E-state index is 0.0467. The molecule has 0 saturated heterocycles. The fraction of sp³-hybridized carbons (Fsp3) is 0.286. The Kier molecular flexibility index (Phi) is 3.42. The largest absolute Gasteiger partial charge is 0.461 e. The summed E-state index contributed by atoms with van der Waals surface area (Å²) in [5.74, 6) is 1.50. The minimum Gasteiger partial charge on any atom is -0.461 e. The highest BCUT2D eigenvalue weighted by molar-refractivity contribution is 6.01. The van der Waals surface area contributed by atoms with Crippen LogP contribution in [0.25, 0.3) is 5.76 Å².